The largest absolute Gasteiger partial charge is 0.305 e. The van der Waals surface area contributed by atoms with Gasteiger partial charge in [0.15, 0.2) is 0 Å². The normalized spacial score (nSPS) is 12.6. The number of halogens is 2. The zero-order valence-corrected chi connectivity index (χ0v) is 14.2. The number of nitrogens with one attached hydrogen (secondary N) is 1. The minimum Gasteiger partial charge on any atom is -0.305 e. The number of hydrogen-bond acceptors (Lipinski definition) is 2. The van der Waals surface area contributed by atoms with Crippen LogP contribution in [-0.2, 0) is 6.54 Å². The molecule has 0 aliphatic rings. The van der Waals surface area contributed by atoms with Gasteiger partial charge in [-0.05, 0) is 43.1 Å². The average Bonchev–Trinajstić information content (AvgIpc) is 2.79. The van der Waals surface area contributed by atoms with Crippen molar-refractivity contribution in [1.82, 2.24) is 15.1 Å². The maximum Gasteiger partial charge on any atom is 0.0837 e. The van der Waals surface area contributed by atoms with Gasteiger partial charge in [0, 0.05) is 11.6 Å². The highest BCUT2D eigenvalue weighted by atomic mass is 35.5. The molecule has 1 aromatic heterocycles. The molecule has 2 rings (SSSR count). The lowest BCUT2D eigenvalue weighted by atomic mass is 9.98. The first-order chi connectivity index (χ1) is 10.1. The van der Waals surface area contributed by atoms with E-state index in [2.05, 4.69) is 37.3 Å². The number of aromatic nitrogens is 2. The Morgan fingerprint density at radius 2 is 2.05 bits per heavy atom. The molecule has 1 heterocycles. The molecular weight excluding hydrogens is 305 g/mol. The van der Waals surface area contributed by atoms with Gasteiger partial charge in [0.1, 0.15) is 0 Å². The molecule has 0 aliphatic heterocycles. The molecule has 0 amide bonds. The Morgan fingerprint density at radius 3 is 2.67 bits per heavy atom. The first-order valence-electron chi connectivity index (χ1n) is 7.29. The summed E-state index contributed by atoms with van der Waals surface area (Å²) in [5, 5.41) is 9.36. The number of benzene rings is 1. The highest BCUT2D eigenvalue weighted by Crippen LogP contribution is 2.31. The van der Waals surface area contributed by atoms with Crippen molar-refractivity contribution in [1.29, 1.82) is 0 Å². The number of aryl methyl sites for hydroxylation is 2. The van der Waals surface area contributed by atoms with Crippen LogP contribution in [0.2, 0.25) is 10.0 Å². The van der Waals surface area contributed by atoms with Gasteiger partial charge in [-0.3, -0.25) is 4.68 Å². The van der Waals surface area contributed by atoms with Crippen molar-refractivity contribution in [3.05, 3.63) is 51.3 Å². The summed E-state index contributed by atoms with van der Waals surface area (Å²) in [5.74, 6) is 0. The van der Waals surface area contributed by atoms with E-state index in [1.54, 1.807) is 6.20 Å². The maximum atomic E-state index is 6.40. The molecule has 1 atom stereocenters. The second-order valence-corrected chi connectivity index (χ2v) is 5.94. The summed E-state index contributed by atoms with van der Waals surface area (Å²) < 4.78 is 1.99. The van der Waals surface area contributed by atoms with Gasteiger partial charge in [0.05, 0.1) is 23.0 Å². The first kappa shape index (κ1) is 16.3. The maximum absolute atomic E-state index is 6.40. The quantitative estimate of drug-likeness (QED) is 0.840. The second kappa shape index (κ2) is 7.30. The molecular formula is C16H21Cl2N3. The lowest BCUT2D eigenvalue weighted by Gasteiger charge is -2.22. The molecule has 0 saturated heterocycles. The Balaban J connectivity index is 2.50. The van der Waals surface area contributed by atoms with E-state index in [1.165, 1.54) is 5.56 Å². The molecule has 0 bridgehead atoms. The summed E-state index contributed by atoms with van der Waals surface area (Å²) in [7, 11) is 0. The van der Waals surface area contributed by atoms with E-state index < -0.39 is 0 Å². The SMILES string of the molecule is CCCn1ncc(Cl)c1C(NCC)c1ccc(Cl)cc1C. The van der Waals surface area contributed by atoms with Crippen LogP contribution < -0.4 is 5.32 Å². The third-order valence-corrected chi connectivity index (χ3v) is 4.02. The van der Waals surface area contributed by atoms with Crippen LogP contribution in [0, 0.1) is 6.92 Å². The summed E-state index contributed by atoms with van der Waals surface area (Å²) >= 11 is 12.5. The van der Waals surface area contributed by atoms with Gasteiger partial charge < -0.3 is 5.32 Å². The predicted molar refractivity (Wildman–Crippen MR) is 89.2 cm³/mol. The van der Waals surface area contributed by atoms with Crippen molar-refractivity contribution in [2.45, 2.75) is 39.8 Å². The van der Waals surface area contributed by atoms with Crippen LogP contribution >= 0.6 is 23.2 Å². The summed E-state index contributed by atoms with van der Waals surface area (Å²) in [5.41, 5.74) is 3.35. The summed E-state index contributed by atoms with van der Waals surface area (Å²) in [6.07, 6.45) is 2.74. The Kier molecular flexibility index (Phi) is 5.68. The van der Waals surface area contributed by atoms with Crippen molar-refractivity contribution < 1.29 is 0 Å². The van der Waals surface area contributed by atoms with Crippen molar-refractivity contribution in [2.75, 3.05) is 6.54 Å². The summed E-state index contributed by atoms with van der Waals surface area (Å²) in [6.45, 7) is 8.00. The third-order valence-electron chi connectivity index (χ3n) is 3.49. The lowest BCUT2D eigenvalue weighted by molar-refractivity contribution is 0.519. The predicted octanol–water partition coefficient (Wildman–Crippen LogP) is 4.61. The fourth-order valence-corrected chi connectivity index (χ4v) is 3.05. The molecule has 21 heavy (non-hydrogen) atoms. The molecule has 0 aliphatic carbocycles. The van der Waals surface area contributed by atoms with Crippen LogP contribution in [0.1, 0.15) is 43.1 Å². The van der Waals surface area contributed by atoms with E-state index >= 15 is 0 Å². The topological polar surface area (TPSA) is 29.9 Å². The van der Waals surface area contributed by atoms with Crippen LogP contribution in [0.3, 0.4) is 0 Å². The van der Waals surface area contributed by atoms with E-state index in [1.807, 2.05) is 16.8 Å². The van der Waals surface area contributed by atoms with Crippen LogP contribution in [-0.4, -0.2) is 16.3 Å². The number of rotatable bonds is 6. The molecule has 114 valence electrons. The molecule has 0 spiro atoms. The number of hydrogen-bond donors (Lipinski definition) is 1. The van der Waals surface area contributed by atoms with E-state index in [-0.39, 0.29) is 6.04 Å². The second-order valence-electron chi connectivity index (χ2n) is 5.09. The highest BCUT2D eigenvalue weighted by Gasteiger charge is 2.22. The standard InChI is InChI=1S/C16H21Cl2N3/c1-4-8-21-16(14(18)10-20-21)15(19-5-2)13-7-6-12(17)9-11(13)3/h6-7,9-10,15,19H,4-5,8H2,1-3H3. The average molecular weight is 326 g/mol. The molecule has 0 saturated carbocycles. The third kappa shape index (κ3) is 3.60. The molecule has 2 aromatic rings. The molecule has 1 unspecified atom stereocenters. The molecule has 3 nitrogen and oxygen atoms in total. The minimum atomic E-state index is 0.0221. The Bertz CT molecular complexity index is 608. The van der Waals surface area contributed by atoms with Gasteiger partial charge in [0.25, 0.3) is 0 Å². The van der Waals surface area contributed by atoms with E-state index in [9.17, 15) is 0 Å². The van der Waals surface area contributed by atoms with Crippen LogP contribution in [0.5, 0.6) is 0 Å². The van der Waals surface area contributed by atoms with E-state index in [0.717, 1.165) is 35.8 Å². The van der Waals surface area contributed by atoms with Gasteiger partial charge >= 0.3 is 0 Å². The highest BCUT2D eigenvalue weighted by molar-refractivity contribution is 6.31. The molecule has 5 heteroatoms. The van der Waals surface area contributed by atoms with E-state index in [0.29, 0.717) is 5.02 Å². The minimum absolute atomic E-state index is 0.0221. The van der Waals surface area contributed by atoms with Crippen molar-refractivity contribution in [2.24, 2.45) is 0 Å². The summed E-state index contributed by atoms with van der Waals surface area (Å²) in [4.78, 5) is 0. The monoisotopic (exact) mass is 325 g/mol. The molecule has 0 fully saturated rings. The summed E-state index contributed by atoms with van der Waals surface area (Å²) in [6, 6.07) is 5.98. The van der Waals surface area contributed by atoms with Gasteiger partial charge in [-0.2, -0.15) is 5.10 Å². The first-order valence-corrected chi connectivity index (χ1v) is 8.04. The Labute approximate surface area is 136 Å². The number of nitrogens with zero attached hydrogens (tertiary/aromatic N) is 2. The van der Waals surface area contributed by atoms with Crippen molar-refractivity contribution in [3.63, 3.8) is 0 Å². The lowest BCUT2D eigenvalue weighted by Crippen LogP contribution is -2.26. The van der Waals surface area contributed by atoms with E-state index in [4.69, 9.17) is 23.2 Å². The van der Waals surface area contributed by atoms with Gasteiger partial charge in [0.2, 0.25) is 0 Å². The van der Waals surface area contributed by atoms with Crippen molar-refractivity contribution >= 4 is 23.2 Å². The fraction of sp³-hybridized carbons (Fsp3) is 0.438. The van der Waals surface area contributed by atoms with Crippen LogP contribution in [0.4, 0.5) is 0 Å². The van der Waals surface area contributed by atoms with Gasteiger partial charge in [-0.25, -0.2) is 0 Å². The Hall–Kier alpha value is -1.03. The van der Waals surface area contributed by atoms with Crippen LogP contribution in [0.25, 0.3) is 0 Å². The smallest absolute Gasteiger partial charge is 0.0837 e. The Morgan fingerprint density at radius 1 is 1.29 bits per heavy atom. The molecule has 1 N–H and O–H groups in total. The molecule has 1 aromatic carbocycles. The van der Waals surface area contributed by atoms with Gasteiger partial charge in [-0.15, -0.1) is 0 Å². The van der Waals surface area contributed by atoms with Crippen LogP contribution in [0.15, 0.2) is 24.4 Å². The molecule has 0 radical (unpaired) electrons. The fourth-order valence-electron chi connectivity index (χ4n) is 2.57. The zero-order chi connectivity index (χ0) is 15.4. The van der Waals surface area contributed by atoms with Crippen molar-refractivity contribution in [3.8, 4) is 0 Å². The van der Waals surface area contributed by atoms with Gasteiger partial charge in [-0.1, -0.05) is 43.1 Å². The zero-order valence-electron chi connectivity index (χ0n) is 12.7.